The quantitative estimate of drug-likeness (QED) is 0.134. The summed E-state index contributed by atoms with van der Waals surface area (Å²) in [6.07, 6.45) is 8.50. The monoisotopic (exact) mass is 968 g/mol. The van der Waals surface area contributed by atoms with E-state index in [4.69, 9.17) is 46.4 Å². The predicted octanol–water partition coefficient (Wildman–Crippen LogP) is 9.14. The van der Waals surface area contributed by atoms with Crippen LogP contribution >= 0.6 is 46.4 Å². The van der Waals surface area contributed by atoms with Crippen molar-refractivity contribution in [3.05, 3.63) is 170 Å². The van der Waals surface area contributed by atoms with Crippen molar-refractivity contribution < 1.29 is 49.0 Å². The van der Waals surface area contributed by atoms with Gasteiger partial charge in [-0.1, -0.05) is 113 Å². The van der Waals surface area contributed by atoms with Gasteiger partial charge in [-0.15, -0.1) is 6.92 Å². The molecule has 1 fully saturated rings. The molecule has 0 heterocycles. The van der Waals surface area contributed by atoms with Gasteiger partial charge in [-0.3, -0.25) is 0 Å². The summed E-state index contributed by atoms with van der Waals surface area (Å²) >= 11 is 25.3. The number of halogens is 6. The van der Waals surface area contributed by atoms with Crippen molar-refractivity contribution in [1.29, 1.82) is 0 Å². The third kappa shape index (κ3) is 8.66. The molecule has 4 aromatic rings. The van der Waals surface area contributed by atoms with Crippen LogP contribution in [0.25, 0.3) is 5.57 Å². The number of benzene rings is 3. The minimum atomic E-state index is 0. The first-order valence-electron chi connectivity index (χ1n) is 19.9. The van der Waals surface area contributed by atoms with Gasteiger partial charge in [0.25, 0.3) is 0 Å². The van der Waals surface area contributed by atoms with Crippen LogP contribution in [0.4, 0.5) is 0 Å². The molecular formula is C51H56Cl6Zr-2. The molecule has 0 amide bonds. The Hall–Kier alpha value is -1.41. The molecule has 1 saturated carbocycles. The summed E-state index contributed by atoms with van der Waals surface area (Å²) in [7, 11) is 0. The molecule has 0 saturated heterocycles. The van der Waals surface area contributed by atoms with Crippen molar-refractivity contribution in [2.75, 3.05) is 0 Å². The van der Waals surface area contributed by atoms with Gasteiger partial charge in [0.15, 0.2) is 0 Å². The number of hydrogen-bond donors (Lipinski definition) is 0. The van der Waals surface area contributed by atoms with Gasteiger partial charge < -0.3 is 24.8 Å². The maximum Gasteiger partial charge on any atom is -0.172 e. The van der Waals surface area contributed by atoms with Gasteiger partial charge in [0, 0.05) is 0 Å². The van der Waals surface area contributed by atoms with Gasteiger partial charge in [-0.05, 0) is 40.6 Å². The number of fused-ring (bicyclic) bond motifs is 6. The first-order valence-corrected chi connectivity index (χ1v) is 23.3. The minimum absolute atomic E-state index is 0. The van der Waals surface area contributed by atoms with Crippen LogP contribution in [0.1, 0.15) is 113 Å². The predicted molar refractivity (Wildman–Crippen MR) is 241 cm³/mol. The van der Waals surface area contributed by atoms with E-state index in [1.54, 1.807) is 28.2 Å². The van der Waals surface area contributed by atoms with Gasteiger partial charge in [-0.25, -0.2) is 18.1 Å². The van der Waals surface area contributed by atoms with Crippen LogP contribution < -0.4 is 24.8 Å². The van der Waals surface area contributed by atoms with Gasteiger partial charge in [-0.2, -0.15) is 29.3 Å². The molecule has 8 rings (SSSR count). The van der Waals surface area contributed by atoms with Gasteiger partial charge >= 0.3 is 167 Å². The summed E-state index contributed by atoms with van der Waals surface area (Å²) in [5.74, 6) is 4.17. The first kappa shape index (κ1) is 49.3. The van der Waals surface area contributed by atoms with Crippen LogP contribution in [-0.2, 0) is 54.2 Å². The van der Waals surface area contributed by atoms with Crippen molar-refractivity contribution in [2.45, 2.75) is 98.2 Å². The fourth-order valence-corrected chi connectivity index (χ4v) is 11.5. The molecule has 0 spiro atoms. The Bertz CT molecular complexity index is 2050. The third-order valence-electron chi connectivity index (χ3n) is 14.6. The Morgan fingerprint density at radius 1 is 0.724 bits per heavy atom. The van der Waals surface area contributed by atoms with Crippen molar-refractivity contribution in [1.82, 2.24) is 0 Å². The topological polar surface area (TPSA) is 0 Å². The SMILES string of the molecule is C[C-]1C2=C3Cc4ccccc4C3=C3C=CCCC3C2(C)C(C)(C)C(C)(C)C1(C)C.ClCc1cc(CCl)cc([C](=[Zr+2])c2cc(CCl)cc(CCl)c2)c1.[Cl-].[Cl-].c1cc[cH-]c1. The molecule has 4 aromatic carbocycles. The van der Waals surface area contributed by atoms with Crippen LogP contribution in [0.2, 0.25) is 0 Å². The maximum absolute atomic E-state index is 5.99. The molecular weight excluding hydrogens is 917 g/mol. The standard InChI is InChI=1S/C29H37.C17H14Cl4.C5H5.2ClH.Zr/c1-18-25-22-17-19-13-9-10-14-20(19)24(22)21-15-11-12-16-23(21)29(25,8)28(6,7)27(4,5)26(18,2)3;18-8-14-2-12(3-15(6-14)9-19)1-13-4-16(10-20)7-17(5-13)11-21;1-2-4-5-3-1;;;/h9-11,13-15,23H,12,16-17H2,1-8H3;2-7H,8-11H2;1-5H;2*1H;/q-1;;-1;;;+2/p-2. The van der Waals surface area contributed by atoms with E-state index >= 15 is 0 Å². The van der Waals surface area contributed by atoms with Crippen LogP contribution in [0.5, 0.6) is 0 Å². The summed E-state index contributed by atoms with van der Waals surface area (Å²) in [6.45, 7) is 20.3. The zero-order valence-corrected chi connectivity index (χ0v) is 42.1. The first-order chi connectivity index (χ1) is 26.6. The molecule has 7 heteroatoms. The van der Waals surface area contributed by atoms with Crippen molar-refractivity contribution in [3.63, 3.8) is 0 Å². The van der Waals surface area contributed by atoms with E-state index in [1.807, 2.05) is 42.5 Å². The fourth-order valence-electron chi connectivity index (χ4n) is 10.2. The molecule has 4 aliphatic rings. The van der Waals surface area contributed by atoms with Crippen LogP contribution in [0.15, 0.2) is 120 Å². The largest absolute Gasteiger partial charge is 1.00 e. The molecule has 308 valence electrons. The van der Waals surface area contributed by atoms with Crippen LogP contribution in [0, 0.1) is 33.5 Å². The summed E-state index contributed by atoms with van der Waals surface area (Å²) in [5, 5.41) is 0. The minimum Gasteiger partial charge on any atom is -1.00 e. The van der Waals surface area contributed by atoms with E-state index in [-0.39, 0.29) is 46.5 Å². The number of hydrogen-bond acceptors (Lipinski definition) is 0. The smallest absolute Gasteiger partial charge is 0.172 e. The van der Waals surface area contributed by atoms with Gasteiger partial charge in [0.1, 0.15) is 0 Å². The molecule has 58 heavy (non-hydrogen) atoms. The Balaban J connectivity index is 0.000000228. The fraction of sp³-hybridized carbons (Fsp3) is 0.392. The summed E-state index contributed by atoms with van der Waals surface area (Å²) < 4.78 is 1.25. The van der Waals surface area contributed by atoms with E-state index < -0.39 is 0 Å². The normalized spacial score (nSPS) is 21.4. The van der Waals surface area contributed by atoms with Crippen molar-refractivity contribution >= 4 is 55.2 Å². The summed E-state index contributed by atoms with van der Waals surface area (Å²) in [4.78, 5) is 0. The molecule has 2 unspecified atom stereocenters. The van der Waals surface area contributed by atoms with E-state index in [0.717, 1.165) is 28.7 Å². The molecule has 0 aliphatic heterocycles. The molecule has 0 bridgehead atoms. The molecule has 0 aromatic heterocycles. The Kier molecular flexibility index (Phi) is 16.8. The van der Waals surface area contributed by atoms with E-state index in [0.29, 0.717) is 29.4 Å². The second-order valence-electron chi connectivity index (χ2n) is 17.7. The van der Waals surface area contributed by atoms with E-state index in [9.17, 15) is 0 Å². The third-order valence-corrected chi connectivity index (χ3v) is 17.3. The van der Waals surface area contributed by atoms with E-state index in [2.05, 4.69) is 116 Å². The second kappa shape index (κ2) is 19.8. The van der Waals surface area contributed by atoms with Crippen molar-refractivity contribution in [2.24, 2.45) is 27.6 Å². The number of allylic oxidation sites excluding steroid dienone is 6. The molecule has 4 aliphatic carbocycles. The molecule has 0 nitrogen and oxygen atoms in total. The summed E-state index contributed by atoms with van der Waals surface area (Å²) in [6, 6.07) is 31.8. The average molecular weight is 973 g/mol. The molecule has 0 radical (unpaired) electrons. The van der Waals surface area contributed by atoms with Gasteiger partial charge in [0.2, 0.25) is 0 Å². The second-order valence-corrected chi connectivity index (χ2v) is 20.0. The maximum atomic E-state index is 5.99. The Labute approximate surface area is 396 Å². The Morgan fingerprint density at radius 3 is 1.69 bits per heavy atom. The zero-order chi connectivity index (χ0) is 40.6. The average Bonchev–Trinajstić information content (AvgIpc) is 3.92. The molecule has 2 atom stereocenters. The summed E-state index contributed by atoms with van der Waals surface area (Å²) in [5.41, 5.74) is 17.0. The zero-order valence-electron chi connectivity index (χ0n) is 35.1. The van der Waals surface area contributed by atoms with E-state index in [1.165, 1.54) is 62.5 Å². The molecule has 0 N–H and O–H groups in total. The van der Waals surface area contributed by atoms with Gasteiger partial charge in [0.05, 0.1) is 0 Å². The van der Waals surface area contributed by atoms with Crippen LogP contribution in [-0.4, -0.2) is 3.21 Å². The Morgan fingerprint density at radius 2 is 1.22 bits per heavy atom. The number of rotatable bonds is 6. The van der Waals surface area contributed by atoms with Crippen LogP contribution in [0.3, 0.4) is 0 Å². The number of alkyl halides is 4. The van der Waals surface area contributed by atoms with Crippen molar-refractivity contribution in [3.8, 4) is 0 Å².